The van der Waals surface area contributed by atoms with Gasteiger partial charge in [-0.3, -0.25) is 0 Å². The average Bonchev–Trinajstić information content (AvgIpc) is 2.92. The molecule has 0 fully saturated rings. The van der Waals surface area contributed by atoms with Crippen LogP contribution in [-0.2, 0) is 6.42 Å². The molecule has 7 heteroatoms. The summed E-state index contributed by atoms with van der Waals surface area (Å²) in [5, 5.41) is 8.90. The second kappa shape index (κ2) is 6.49. The largest absolute Gasteiger partial charge is 0.309 e. The van der Waals surface area contributed by atoms with Crippen molar-refractivity contribution < 1.29 is 8.78 Å². The van der Waals surface area contributed by atoms with E-state index in [1.165, 1.54) is 23.7 Å². The van der Waals surface area contributed by atoms with E-state index in [1.807, 2.05) is 6.92 Å². The monoisotopic (exact) mass is 347 g/mol. The van der Waals surface area contributed by atoms with E-state index < -0.39 is 11.6 Å². The maximum atomic E-state index is 14.0. The summed E-state index contributed by atoms with van der Waals surface area (Å²) in [5.74, 6) is -1.11. The average molecular weight is 348 g/mol. The van der Waals surface area contributed by atoms with Crippen molar-refractivity contribution in [3.05, 3.63) is 44.9 Å². The van der Waals surface area contributed by atoms with Gasteiger partial charge in [0, 0.05) is 10.9 Å². The van der Waals surface area contributed by atoms with Gasteiger partial charge < -0.3 is 5.32 Å². The Bertz CT molecular complexity index is 548. The third-order valence-electron chi connectivity index (χ3n) is 2.73. The van der Waals surface area contributed by atoms with Crippen LogP contribution >= 0.6 is 27.5 Å². The predicted octanol–water partition coefficient (Wildman–Crippen LogP) is 3.47. The summed E-state index contributed by atoms with van der Waals surface area (Å²) >= 11 is 4.29. The van der Waals surface area contributed by atoms with Gasteiger partial charge in [0.25, 0.3) is 0 Å². The number of nitrogens with one attached hydrogen (secondary N) is 1. The van der Waals surface area contributed by atoms with Crippen molar-refractivity contribution >= 4 is 27.5 Å². The van der Waals surface area contributed by atoms with Crippen molar-refractivity contribution in [1.29, 1.82) is 0 Å². The minimum atomic E-state index is -0.564. The number of rotatable bonds is 5. The van der Waals surface area contributed by atoms with Gasteiger partial charge in [-0.05, 0) is 52.6 Å². The van der Waals surface area contributed by atoms with Crippen LogP contribution in [0, 0.1) is 11.6 Å². The van der Waals surface area contributed by atoms with E-state index in [0.717, 1.165) is 0 Å². The van der Waals surface area contributed by atoms with Crippen LogP contribution in [0.3, 0.4) is 0 Å². The molecule has 0 spiro atoms. The van der Waals surface area contributed by atoms with Crippen molar-refractivity contribution in [2.24, 2.45) is 0 Å². The van der Waals surface area contributed by atoms with Gasteiger partial charge in [0.05, 0.1) is 16.2 Å². The highest BCUT2D eigenvalue weighted by atomic mass is 79.9. The minimum Gasteiger partial charge on any atom is -0.309 e. The molecule has 1 aromatic heterocycles. The van der Waals surface area contributed by atoms with E-state index in [2.05, 4.69) is 30.8 Å². The molecule has 0 radical (unpaired) electrons. The summed E-state index contributed by atoms with van der Waals surface area (Å²) in [4.78, 5) is 0. The Balaban J connectivity index is 2.30. The molecule has 0 saturated carbocycles. The van der Waals surface area contributed by atoms with E-state index in [1.54, 1.807) is 5.38 Å². The van der Waals surface area contributed by atoms with Gasteiger partial charge in [0.2, 0.25) is 0 Å². The standard InChI is InChI=1S/C12H12BrF2N3S/c1-2-16-10(11-6-19-18-17-11)5-7-9(14)4-3-8(13)12(7)15/h3-4,6,10,16H,2,5H2,1H3. The highest BCUT2D eigenvalue weighted by molar-refractivity contribution is 9.10. The number of halogens is 3. The molecule has 1 N–H and O–H groups in total. The van der Waals surface area contributed by atoms with Crippen LogP contribution < -0.4 is 5.32 Å². The Labute approximate surface area is 122 Å². The predicted molar refractivity (Wildman–Crippen MR) is 74.1 cm³/mol. The van der Waals surface area contributed by atoms with Crippen LogP contribution in [0.15, 0.2) is 22.0 Å². The summed E-state index contributed by atoms with van der Waals surface area (Å²) < 4.78 is 31.8. The molecule has 1 heterocycles. The van der Waals surface area contributed by atoms with Crippen LogP contribution in [0.1, 0.15) is 24.2 Å². The van der Waals surface area contributed by atoms with E-state index in [0.29, 0.717) is 12.2 Å². The molecule has 19 heavy (non-hydrogen) atoms. The number of nitrogens with zero attached hydrogens (tertiary/aromatic N) is 2. The number of hydrogen-bond acceptors (Lipinski definition) is 4. The fraction of sp³-hybridized carbons (Fsp3) is 0.333. The molecule has 0 saturated heterocycles. The van der Waals surface area contributed by atoms with Gasteiger partial charge in [-0.2, -0.15) is 0 Å². The Morgan fingerprint density at radius 1 is 1.42 bits per heavy atom. The molecular formula is C12H12BrF2N3S. The molecule has 102 valence electrons. The summed E-state index contributed by atoms with van der Waals surface area (Å²) in [7, 11) is 0. The lowest BCUT2D eigenvalue weighted by molar-refractivity contribution is 0.490. The van der Waals surface area contributed by atoms with E-state index in [4.69, 9.17) is 0 Å². The molecule has 0 amide bonds. The molecule has 3 nitrogen and oxygen atoms in total. The molecular weight excluding hydrogens is 336 g/mol. The maximum Gasteiger partial charge on any atom is 0.143 e. The van der Waals surface area contributed by atoms with Gasteiger partial charge in [-0.1, -0.05) is 11.4 Å². The van der Waals surface area contributed by atoms with E-state index in [-0.39, 0.29) is 22.5 Å². The van der Waals surface area contributed by atoms with Gasteiger partial charge in [-0.15, -0.1) is 5.10 Å². The zero-order chi connectivity index (χ0) is 13.8. The first-order valence-corrected chi connectivity index (χ1v) is 7.39. The maximum absolute atomic E-state index is 14.0. The quantitative estimate of drug-likeness (QED) is 0.841. The summed E-state index contributed by atoms with van der Waals surface area (Å²) in [6.45, 7) is 2.61. The first kappa shape index (κ1) is 14.5. The first-order valence-electron chi connectivity index (χ1n) is 5.76. The highest BCUT2D eigenvalue weighted by Crippen LogP contribution is 2.26. The number of benzene rings is 1. The summed E-state index contributed by atoms with van der Waals surface area (Å²) in [6.07, 6.45) is 0.191. The molecule has 0 bridgehead atoms. The Morgan fingerprint density at radius 3 is 2.84 bits per heavy atom. The van der Waals surface area contributed by atoms with Crippen LogP contribution in [-0.4, -0.2) is 16.1 Å². The number of aromatic nitrogens is 2. The number of likely N-dealkylation sites (N-methyl/N-ethyl adjacent to an activating group) is 1. The van der Waals surface area contributed by atoms with Crippen LogP contribution in [0.25, 0.3) is 0 Å². The first-order chi connectivity index (χ1) is 9.13. The lowest BCUT2D eigenvalue weighted by atomic mass is 10.0. The van der Waals surface area contributed by atoms with Crippen molar-refractivity contribution in [3.8, 4) is 0 Å². The fourth-order valence-electron chi connectivity index (χ4n) is 1.81. The van der Waals surface area contributed by atoms with E-state index in [9.17, 15) is 8.78 Å². The smallest absolute Gasteiger partial charge is 0.143 e. The molecule has 1 unspecified atom stereocenters. The molecule has 0 aliphatic carbocycles. The van der Waals surface area contributed by atoms with Gasteiger partial charge in [0.15, 0.2) is 0 Å². The van der Waals surface area contributed by atoms with Crippen molar-refractivity contribution in [2.45, 2.75) is 19.4 Å². The molecule has 0 aliphatic heterocycles. The van der Waals surface area contributed by atoms with Crippen molar-refractivity contribution in [2.75, 3.05) is 6.54 Å². The van der Waals surface area contributed by atoms with E-state index >= 15 is 0 Å². The molecule has 1 aromatic carbocycles. The third kappa shape index (κ3) is 3.34. The van der Waals surface area contributed by atoms with Crippen molar-refractivity contribution in [3.63, 3.8) is 0 Å². The Hall–Kier alpha value is -0.920. The van der Waals surface area contributed by atoms with Gasteiger partial charge in [0.1, 0.15) is 11.6 Å². The fourth-order valence-corrected chi connectivity index (χ4v) is 2.69. The van der Waals surface area contributed by atoms with Gasteiger partial charge >= 0.3 is 0 Å². The molecule has 2 rings (SSSR count). The second-order valence-corrected chi connectivity index (χ2v) is 5.43. The van der Waals surface area contributed by atoms with Crippen LogP contribution in [0.5, 0.6) is 0 Å². The van der Waals surface area contributed by atoms with Gasteiger partial charge in [-0.25, -0.2) is 8.78 Å². The molecule has 1 atom stereocenters. The lowest BCUT2D eigenvalue weighted by Gasteiger charge is -2.16. The Morgan fingerprint density at radius 2 is 2.21 bits per heavy atom. The summed E-state index contributed by atoms with van der Waals surface area (Å²) in [5.41, 5.74) is 0.749. The number of hydrogen-bond donors (Lipinski definition) is 1. The topological polar surface area (TPSA) is 37.8 Å². The zero-order valence-corrected chi connectivity index (χ0v) is 12.6. The normalized spacial score (nSPS) is 12.6. The lowest BCUT2D eigenvalue weighted by Crippen LogP contribution is -2.24. The SMILES string of the molecule is CCNC(Cc1c(F)ccc(Br)c1F)c1csnn1. The zero-order valence-electron chi connectivity index (χ0n) is 10.2. The highest BCUT2D eigenvalue weighted by Gasteiger charge is 2.20. The van der Waals surface area contributed by atoms with Crippen LogP contribution in [0.2, 0.25) is 0 Å². The molecule has 0 aliphatic rings. The molecule has 2 aromatic rings. The summed E-state index contributed by atoms with van der Waals surface area (Å²) in [6, 6.07) is 2.37. The third-order valence-corrected chi connectivity index (χ3v) is 3.87. The second-order valence-electron chi connectivity index (χ2n) is 3.97. The van der Waals surface area contributed by atoms with Crippen LogP contribution in [0.4, 0.5) is 8.78 Å². The minimum absolute atomic E-state index is 0.0494. The Kier molecular flexibility index (Phi) is 4.95. The van der Waals surface area contributed by atoms with Crippen molar-refractivity contribution in [1.82, 2.24) is 14.9 Å².